The lowest BCUT2D eigenvalue weighted by Gasteiger charge is -2.34. The molecule has 0 N–H and O–H groups in total. The van der Waals surface area contributed by atoms with Crippen molar-refractivity contribution in [2.45, 2.75) is 0 Å². The van der Waals surface area contributed by atoms with Crippen LogP contribution in [0.15, 0.2) is 36.4 Å². The lowest BCUT2D eigenvalue weighted by atomic mass is 10.1. The number of rotatable bonds is 9. The van der Waals surface area contributed by atoms with E-state index in [4.69, 9.17) is 23.7 Å². The number of carbonyl (C=O) groups is 1. The second-order valence-electron chi connectivity index (χ2n) is 7.10. The van der Waals surface area contributed by atoms with E-state index in [1.54, 1.807) is 46.6 Å². The molecule has 168 valence electrons. The molecule has 1 aliphatic heterocycles. The van der Waals surface area contributed by atoms with Crippen LogP contribution >= 0.6 is 0 Å². The number of hydrogen-bond acceptors (Lipinski definition) is 7. The van der Waals surface area contributed by atoms with Gasteiger partial charge in [-0.1, -0.05) is 0 Å². The highest BCUT2D eigenvalue weighted by atomic mass is 16.5. The molecule has 8 heteroatoms. The third-order valence-corrected chi connectivity index (χ3v) is 5.29. The van der Waals surface area contributed by atoms with Gasteiger partial charge in [0.25, 0.3) is 5.91 Å². The summed E-state index contributed by atoms with van der Waals surface area (Å²) in [5.41, 5.74) is 0.599. The smallest absolute Gasteiger partial charge is 0.254 e. The van der Waals surface area contributed by atoms with Crippen LogP contribution in [0.1, 0.15) is 10.4 Å². The van der Waals surface area contributed by atoms with Crippen LogP contribution in [0.25, 0.3) is 0 Å². The first-order chi connectivity index (χ1) is 15.1. The van der Waals surface area contributed by atoms with Crippen molar-refractivity contribution in [3.63, 3.8) is 0 Å². The Balaban J connectivity index is 1.48. The highest BCUT2D eigenvalue weighted by Crippen LogP contribution is 2.29. The number of nitrogens with zero attached hydrogens (tertiary/aromatic N) is 2. The van der Waals surface area contributed by atoms with Gasteiger partial charge in [-0.3, -0.25) is 9.69 Å². The molecule has 2 aromatic rings. The molecule has 0 saturated carbocycles. The van der Waals surface area contributed by atoms with Gasteiger partial charge in [-0.15, -0.1) is 0 Å². The summed E-state index contributed by atoms with van der Waals surface area (Å²) in [6, 6.07) is 10.7. The highest BCUT2D eigenvalue weighted by molar-refractivity contribution is 5.95. The van der Waals surface area contributed by atoms with Crippen molar-refractivity contribution in [1.82, 2.24) is 9.80 Å². The van der Waals surface area contributed by atoms with Crippen LogP contribution in [0.3, 0.4) is 0 Å². The van der Waals surface area contributed by atoms with Crippen molar-refractivity contribution in [2.24, 2.45) is 0 Å². The zero-order chi connectivity index (χ0) is 22.2. The van der Waals surface area contributed by atoms with Crippen molar-refractivity contribution < 1.29 is 28.5 Å². The quantitative estimate of drug-likeness (QED) is 0.606. The molecule has 1 fully saturated rings. The molecule has 0 bridgehead atoms. The maximum absolute atomic E-state index is 12.9. The molecule has 0 unspecified atom stereocenters. The van der Waals surface area contributed by atoms with Crippen LogP contribution in [0.4, 0.5) is 0 Å². The Bertz CT molecular complexity index is 858. The van der Waals surface area contributed by atoms with Crippen molar-refractivity contribution >= 4 is 5.91 Å². The SMILES string of the molecule is COc1cc(OC)cc(OCCN2CCN(C(=O)c3ccc(OC)c(OC)c3)CC2)c1. The van der Waals surface area contributed by atoms with Crippen molar-refractivity contribution in [1.29, 1.82) is 0 Å². The topological polar surface area (TPSA) is 69.7 Å². The summed E-state index contributed by atoms with van der Waals surface area (Å²) in [7, 11) is 6.37. The summed E-state index contributed by atoms with van der Waals surface area (Å²) >= 11 is 0. The molecule has 2 aromatic carbocycles. The molecular formula is C23H30N2O6. The highest BCUT2D eigenvalue weighted by Gasteiger charge is 2.23. The van der Waals surface area contributed by atoms with E-state index in [-0.39, 0.29) is 5.91 Å². The number of hydrogen-bond donors (Lipinski definition) is 0. The summed E-state index contributed by atoms with van der Waals surface area (Å²) in [6.07, 6.45) is 0. The maximum atomic E-state index is 12.9. The Morgan fingerprint density at radius 1 is 0.774 bits per heavy atom. The molecule has 1 aliphatic rings. The molecule has 1 saturated heterocycles. The maximum Gasteiger partial charge on any atom is 0.254 e. The second-order valence-corrected chi connectivity index (χ2v) is 7.10. The zero-order valence-electron chi connectivity index (χ0n) is 18.6. The van der Waals surface area contributed by atoms with E-state index in [0.29, 0.717) is 54.0 Å². The van der Waals surface area contributed by atoms with E-state index in [0.717, 1.165) is 19.6 Å². The van der Waals surface area contributed by atoms with E-state index in [1.807, 2.05) is 23.1 Å². The van der Waals surface area contributed by atoms with Gasteiger partial charge in [0.2, 0.25) is 0 Å². The summed E-state index contributed by atoms with van der Waals surface area (Å²) in [5.74, 6) is 3.25. The minimum Gasteiger partial charge on any atom is -0.496 e. The Morgan fingerprint density at radius 2 is 1.39 bits per heavy atom. The van der Waals surface area contributed by atoms with Crippen molar-refractivity contribution in [3.8, 4) is 28.7 Å². The number of benzene rings is 2. The average Bonchev–Trinajstić information content (AvgIpc) is 2.83. The first-order valence-corrected chi connectivity index (χ1v) is 10.2. The number of methoxy groups -OCH3 is 4. The van der Waals surface area contributed by atoms with E-state index >= 15 is 0 Å². The lowest BCUT2D eigenvalue weighted by Crippen LogP contribution is -2.49. The molecule has 3 rings (SSSR count). The van der Waals surface area contributed by atoms with Crippen LogP contribution in [0, 0.1) is 0 Å². The van der Waals surface area contributed by atoms with Gasteiger partial charge in [-0.25, -0.2) is 0 Å². The molecule has 0 aromatic heterocycles. The predicted molar refractivity (Wildman–Crippen MR) is 117 cm³/mol. The largest absolute Gasteiger partial charge is 0.496 e. The van der Waals surface area contributed by atoms with Gasteiger partial charge in [0.1, 0.15) is 23.9 Å². The molecule has 8 nitrogen and oxygen atoms in total. The molecule has 0 spiro atoms. The van der Waals surface area contributed by atoms with Crippen LogP contribution in [0.5, 0.6) is 28.7 Å². The Labute approximate surface area is 183 Å². The zero-order valence-corrected chi connectivity index (χ0v) is 18.6. The first kappa shape index (κ1) is 22.6. The van der Waals surface area contributed by atoms with Gasteiger partial charge >= 0.3 is 0 Å². The Kier molecular flexibility index (Phi) is 7.83. The van der Waals surface area contributed by atoms with E-state index in [9.17, 15) is 4.79 Å². The van der Waals surface area contributed by atoms with Crippen LogP contribution in [-0.4, -0.2) is 83.5 Å². The molecule has 0 atom stereocenters. The second kappa shape index (κ2) is 10.8. The van der Waals surface area contributed by atoms with E-state index < -0.39 is 0 Å². The summed E-state index contributed by atoms with van der Waals surface area (Å²) in [5, 5.41) is 0. The van der Waals surface area contributed by atoms with Crippen molar-refractivity contribution in [2.75, 3.05) is 67.8 Å². The van der Waals surface area contributed by atoms with Crippen LogP contribution in [0.2, 0.25) is 0 Å². The molecular weight excluding hydrogens is 400 g/mol. The number of carbonyl (C=O) groups excluding carboxylic acids is 1. The van der Waals surface area contributed by atoms with Crippen LogP contribution in [-0.2, 0) is 0 Å². The number of amides is 1. The van der Waals surface area contributed by atoms with Gasteiger partial charge < -0.3 is 28.6 Å². The van der Waals surface area contributed by atoms with Gasteiger partial charge in [0.15, 0.2) is 11.5 Å². The molecule has 0 aliphatic carbocycles. The Hall–Kier alpha value is -3.13. The average molecular weight is 431 g/mol. The van der Waals surface area contributed by atoms with E-state index in [2.05, 4.69) is 4.90 Å². The lowest BCUT2D eigenvalue weighted by molar-refractivity contribution is 0.0620. The summed E-state index contributed by atoms with van der Waals surface area (Å²) in [6.45, 7) is 4.24. The van der Waals surface area contributed by atoms with Gasteiger partial charge in [0, 0.05) is 56.5 Å². The van der Waals surface area contributed by atoms with Gasteiger partial charge in [-0.2, -0.15) is 0 Å². The predicted octanol–water partition coefficient (Wildman–Crippen LogP) is 2.56. The molecule has 0 radical (unpaired) electrons. The van der Waals surface area contributed by atoms with Crippen molar-refractivity contribution in [3.05, 3.63) is 42.0 Å². The van der Waals surface area contributed by atoms with Gasteiger partial charge in [0.05, 0.1) is 28.4 Å². The summed E-state index contributed by atoms with van der Waals surface area (Å²) in [4.78, 5) is 17.0. The number of ether oxygens (including phenoxy) is 5. The fourth-order valence-corrected chi connectivity index (χ4v) is 3.48. The fraction of sp³-hybridized carbons (Fsp3) is 0.435. The van der Waals surface area contributed by atoms with Gasteiger partial charge in [-0.05, 0) is 18.2 Å². The normalized spacial score (nSPS) is 14.1. The Morgan fingerprint density at radius 3 is 1.97 bits per heavy atom. The standard InChI is InChI=1S/C23H30N2O6/c1-27-18-14-19(28-2)16-20(15-18)31-12-11-24-7-9-25(10-8-24)23(26)17-5-6-21(29-3)22(13-17)30-4/h5-6,13-16H,7-12H2,1-4H3. The first-order valence-electron chi connectivity index (χ1n) is 10.2. The minimum atomic E-state index is 0.000304. The molecule has 1 heterocycles. The van der Waals surface area contributed by atoms with E-state index in [1.165, 1.54) is 0 Å². The minimum absolute atomic E-state index is 0.000304. The monoisotopic (exact) mass is 430 g/mol. The molecule has 1 amide bonds. The summed E-state index contributed by atoms with van der Waals surface area (Å²) < 4.78 is 27.0. The molecule has 31 heavy (non-hydrogen) atoms. The fourth-order valence-electron chi connectivity index (χ4n) is 3.48. The third-order valence-electron chi connectivity index (χ3n) is 5.29. The number of piperazine rings is 1. The van der Waals surface area contributed by atoms with Crippen LogP contribution < -0.4 is 23.7 Å². The third kappa shape index (κ3) is 5.73.